The zero-order chi connectivity index (χ0) is 34.3. The summed E-state index contributed by atoms with van der Waals surface area (Å²) in [6, 6.07) is 48.1. The van der Waals surface area contributed by atoms with Gasteiger partial charge in [-0.2, -0.15) is 0 Å². The Bertz CT molecular complexity index is 2300. The first-order chi connectivity index (χ1) is 23.7. The van der Waals surface area contributed by atoms with Crippen molar-refractivity contribution in [2.45, 2.75) is 13.8 Å². The molecular weight excluding hydrogens is 929 g/mol. The molecule has 0 atom stereocenters. The maximum atomic E-state index is 10.0. The zero-order valence-corrected chi connectivity index (χ0v) is 32.7. The van der Waals surface area contributed by atoms with Crippen LogP contribution in [0.5, 0.6) is 0 Å². The summed E-state index contributed by atoms with van der Waals surface area (Å²) in [6.07, 6.45) is 5.04. The molecule has 6 aromatic carbocycles. The van der Waals surface area contributed by atoms with Crippen LogP contribution in [-0.2, 0) is 24.9 Å². The topological polar surface area (TPSA) is 63.1 Å². The van der Waals surface area contributed by atoms with Gasteiger partial charge in [-0.15, -0.1) is 70.1 Å². The number of halogens is 2. The molecule has 0 bridgehead atoms. The van der Waals surface area contributed by atoms with Gasteiger partial charge >= 0.3 is 0 Å². The molecule has 8 aromatic rings. The van der Waals surface area contributed by atoms with Crippen molar-refractivity contribution in [2.24, 2.45) is 0 Å². The molecular formula is C43H30Br2IrN2O2-2. The van der Waals surface area contributed by atoms with Crippen LogP contribution in [0.3, 0.4) is 0 Å². The Morgan fingerprint density at radius 3 is 1.36 bits per heavy atom. The Morgan fingerprint density at radius 2 is 1.00 bits per heavy atom. The van der Waals surface area contributed by atoms with E-state index in [0.717, 1.165) is 52.7 Å². The first kappa shape index (κ1) is 36.8. The van der Waals surface area contributed by atoms with Crippen LogP contribution in [0, 0.1) is 12.1 Å². The van der Waals surface area contributed by atoms with Gasteiger partial charge in [-0.1, -0.05) is 92.5 Å². The maximum Gasteiger partial charge on any atom is 0.155 e. The third-order valence-electron chi connectivity index (χ3n) is 7.74. The number of nitrogens with zero attached hydrogens (tertiary/aromatic N) is 2. The summed E-state index contributed by atoms with van der Waals surface area (Å²) in [4.78, 5) is 19.3. The third-order valence-corrected chi connectivity index (χ3v) is 8.79. The molecule has 50 heavy (non-hydrogen) atoms. The number of pyridine rings is 2. The summed E-state index contributed by atoms with van der Waals surface area (Å²) in [5.41, 5.74) is 6.62. The van der Waals surface area contributed by atoms with Crippen LogP contribution in [0.2, 0.25) is 0 Å². The first-order valence-corrected chi connectivity index (χ1v) is 17.1. The van der Waals surface area contributed by atoms with E-state index >= 15 is 0 Å². The number of allylic oxidation sites excluding steroid dienone is 2. The first-order valence-electron chi connectivity index (χ1n) is 15.5. The van der Waals surface area contributed by atoms with Crippen molar-refractivity contribution < 1.29 is 30.0 Å². The van der Waals surface area contributed by atoms with E-state index in [-0.39, 0.29) is 31.6 Å². The fraction of sp³-hybridized carbons (Fsp3) is 0.0465. The molecule has 0 aliphatic carbocycles. The quantitative estimate of drug-likeness (QED) is 0.0829. The molecule has 0 spiro atoms. The van der Waals surface area contributed by atoms with Gasteiger partial charge in [0.15, 0.2) is 5.78 Å². The van der Waals surface area contributed by atoms with E-state index in [1.54, 1.807) is 0 Å². The van der Waals surface area contributed by atoms with Crippen LogP contribution in [0.4, 0.5) is 0 Å². The molecule has 0 fully saturated rings. The van der Waals surface area contributed by atoms with Crippen LogP contribution >= 0.6 is 31.9 Å². The molecule has 0 saturated heterocycles. The van der Waals surface area contributed by atoms with Gasteiger partial charge in [0, 0.05) is 47.5 Å². The van der Waals surface area contributed by atoms with Crippen LogP contribution < -0.4 is 0 Å². The molecule has 249 valence electrons. The van der Waals surface area contributed by atoms with Crippen LogP contribution in [0.25, 0.3) is 65.6 Å². The number of fused-ring (bicyclic) bond motifs is 6. The van der Waals surface area contributed by atoms with Crippen molar-refractivity contribution in [1.82, 2.24) is 9.97 Å². The number of carbonyl (C=O) groups is 1. The van der Waals surface area contributed by atoms with Crippen LogP contribution in [0.15, 0.2) is 155 Å². The molecule has 7 heteroatoms. The van der Waals surface area contributed by atoms with Crippen molar-refractivity contribution >= 4 is 81.0 Å². The van der Waals surface area contributed by atoms with Gasteiger partial charge in [0.1, 0.15) is 0 Å². The molecule has 2 heterocycles. The van der Waals surface area contributed by atoms with Gasteiger partial charge in [0.05, 0.1) is 5.76 Å². The van der Waals surface area contributed by atoms with Crippen LogP contribution in [-0.4, -0.2) is 20.9 Å². The minimum absolute atomic E-state index is 0. The number of aliphatic hydroxyl groups excluding tert-OH is 1. The van der Waals surface area contributed by atoms with E-state index < -0.39 is 0 Å². The summed E-state index contributed by atoms with van der Waals surface area (Å²) in [5.74, 6) is -0.0625. The number of hydrogen-bond donors (Lipinski definition) is 1. The second-order valence-electron chi connectivity index (χ2n) is 11.4. The minimum atomic E-state index is -0.125. The van der Waals surface area contributed by atoms with E-state index in [4.69, 9.17) is 5.11 Å². The molecule has 1 N–H and O–H groups in total. The van der Waals surface area contributed by atoms with E-state index in [2.05, 4.69) is 127 Å². The minimum Gasteiger partial charge on any atom is -0.512 e. The Morgan fingerprint density at radius 1 is 0.600 bits per heavy atom. The summed E-state index contributed by atoms with van der Waals surface area (Å²) < 4.78 is 2.17. The molecule has 1 radical (unpaired) electrons. The van der Waals surface area contributed by atoms with Crippen molar-refractivity contribution in [2.75, 3.05) is 0 Å². The fourth-order valence-electron chi connectivity index (χ4n) is 5.48. The molecule has 0 aliphatic heterocycles. The average molecular weight is 959 g/mol. The third kappa shape index (κ3) is 8.98. The molecule has 0 amide bonds. The Kier molecular flexibility index (Phi) is 12.4. The molecule has 0 saturated carbocycles. The van der Waals surface area contributed by atoms with Gasteiger partial charge < -0.3 is 15.1 Å². The SMILES string of the molecule is Brc1ccc(-c2cnc3c(ccc4ccc[c-]c43)c2)cc1.Brc1ccc(-c2cnc3c(ccc4ccc[c-]c43)c2)cc1.CC(=O)C=C(C)O.[Ir]. The van der Waals surface area contributed by atoms with Gasteiger partial charge in [0.25, 0.3) is 0 Å². The predicted octanol–water partition coefficient (Wildman–Crippen LogP) is 12.3. The molecule has 2 aromatic heterocycles. The molecule has 0 aliphatic rings. The van der Waals surface area contributed by atoms with Crippen molar-refractivity contribution in [3.63, 3.8) is 0 Å². The zero-order valence-electron chi connectivity index (χ0n) is 27.1. The molecule has 4 nitrogen and oxygen atoms in total. The Labute approximate surface area is 321 Å². The van der Waals surface area contributed by atoms with Crippen molar-refractivity contribution in [3.05, 3.63) is 167 Å². The fourth-order valence-corrected chi connectivity index (χ4v) is 6.01. The molecule has 0 unspecified atom stereocenters. The summed E-state index contributed by atoms with van der Waals surface area (Å²) in [7, 11) is 0. The molecule has 8 rings (SSSR count). The number of benzene rings is 6. The number of rotatable bonds is 3. The van der Waals surface area contributed by atoms with Gasteiger partial charge in [0.2, 0.25) is 0 Å². The summed E-state index contributed by atoms with van der Waals surface area (Å²) in [6.45, 7) is 2.85. The Hall–Kier alpha value is -4.52. The van der Waals surface area contributed by atoms with Gasteiger partial charge in [-0.05, 0) is 82.2 Å². The smallest absolute Gasteiger partial charge is 0.155 e. The number of aromatic nitrogens is 2. The number of hydrogen-bond acceptors (Lipinski definition) is 4. The van der Waals surface area contributed by atoms with Gasteiger partial charge in [-0.3, -0.25) is 4.79 Å². The largest absolute Gasteiger partial charge is 0.512 e. The van der Waals surface area contributed by atoms with E-state index in [1.165, 1.54) is 41.8 Å². The maximum absolute atomic E-state index is 10.0. The van der Waals surface area contributed by atoms with E-state index in [9.17, 15) is 4.79 Å². The average Bonchev–Trinajstić information content (AvgIpc) is 3.11. The van der Waals surface area contributed by atoms with Gasteiger partial charge in [-0.25, -0.2) is 0 Å². The monoisotopic (exact) mass is 957 g/mol. The number of ketones is 1. The standard InChI is InChI=1S/2C19H11BrN.C5H8O2.Ir/c2*20-17-9-7-13(8-10-17)16-11-15-6-5-14-3-1-2-4-18(14)19(15)21-12-16;1-4(6)3-5(2)7;/h2*1-3,5-12H;3,6H,1-2H3;/q2*-1;;. The predicted molar refractivity (Wildman–Crippen MR) is 210 cm³/mol. The summed E-state index contributed by atoms with van der Waals surface area (Å²) in [5, 5.41) is 15.2. The normalized spacial score (nSPS) is 10.9. The van der Waals surface area contributed by atoms with E-state index in [1.807, 2.05) is 60.9 Å². The number of aliphatic hydroxyl groups is 1. The van der Waals surface area contributed by atoms with Crippen molar-refractivity contribution in [3.8, 4) is 22.3 Å². The second kappa shape index (κ2) is 16.9. The van der Waals surface area contributed by atoms with Crippen molar-refractivity contribution in [1.29, 1.82) is 0 Å². The summed E-state index contributed by atoms with van der Waals surface area (Å²) >= 11 is 6.93. The Balaban J connectivity index is 0.000000162. The second-order valence-corrected chi connectivity index (χ2v) is 13.2. The van der Waals surface area contributed by atoms with Crippen LogP contribution in [0.1, 0.15) is 13.8 Å². The number of carbonyl (C=O) groups excluding carboxylic acids is 1. The van der Waals surface area contributed by atoms with E-state index in [0.29, 0.717) is 0 Å².